The van der Waals surface area contributed by atoms with Crippen LogP contribution in [0.25, 0.3) is 0 Å². The number of carbonyl (C=O) groups is 3. The van der Waals surface area contributed by atoms with Gasteiger partial charge in [-0.05, 0) is 70.6 Å². The zero-order valence-electron chi connectivity index (χ0n) is 43.8. The van der Waals surface area contributed by atoms with Gasteiger partial charge in [0, 0.05) is 19.3 Å². The molecule has 65 heavy (non-hydrogen) atoms. The fraction of sp³-hybridized carbons (Fsp3) is 0.881. The first-order valence-corrected chi connectivity index (χ1v) is 28.8. The summed E-state index contributed by atoms with van der Waals surface area (Å²) in [7, 11) is 0. The minimum Gasteiger partial charge on any atom is -0.462 e. The number of hydrogen-bond donors (Lipinski definition) is 0. The molecular weight excluding hydrogens is 805 g/mol. The fourth-order valence-electron chi connectivity index (χ4n) is 8.55. The SMILES string of the molecule is CCCCCCCC/C=C\CCCCCCCCCCCC(=O)OCC(COC(=O)CCCCCCCCCCCCCCC)OC(=O)CCCCCCC/C=C\CCCCCCCC. The van der Waals surface area contributed by atoms with Gasteiger partial charge < -0.3 is 14.2 Å². The molecule has 0 aliphatic rings. The van der Waals surface area contributed by atoms with Crippen LogP contribution in [0.2, 0.25) is 0 Å². The molecule has 1 unspecified atom stereocenters. The zero-order chi connectivity index (χ0) is 47.2. The number of rotatable bonds is 53. The second kappa shape index (κ2) is 54.5. The second-order valence-electron chi connectivity index (χ2n) is 19.6. The average molecular weight is 916 g/mol. The van der Waals surface area contributed by atoms with Crippen LogP contribution < -0.4 is 0 Å². The number of unbranched alkanes of at least 4 members (excludes halogenated alkanes) is 38. The predicted molar refractivity (Wildman–Crippen MR) is 279 cm³/mol. The van der Waals surface area contributed by atoms with Gasteiger partial charge in [0.05, 0.1) is 0 Å². The van der Waals surface area contributed by atoms with Crippen LogP contribution >= 0.6 is 0 Å². The Labute approximate surface area is 404 Å². The number of ether oxygens (including phenoxy) is 3. The largest absolute Gasteiger partial charge is 0.462 e. The summed E-state index contributed by atoms with van der Waals surface area (Å²) in [5.41, 5.74) is 0. The van der Waals surface area contributed by atoms with Crippen LogP contribution in [0.1, 0.15) is 316 Å². The lowest BCUT2D eigenvalue weighted by atomic mass is 10.0. The standard InChI is InChI=1S/C59H110O6/c1-4-7-10-13-16-19-22-25-27-28-29-30-32-34-37-40-43-46-49-52-58(61)64-55-56(54-63-57(60)51-48-45-42-39-36-33-24-21-18-15-12-9-6-3)65-59(62)53-50-47-44-41-38-35-31-26-23-20-17-14-11-8-5-2/h25-27,31,56H,4-24,28-30,32-55H2,1-3H3/b27-25-,31-26-. The van der Waals surface area contributed by atoms with Crippen LogP contribution in [0.3, 0.4) is 0 Å². The summed E-state index contributed by atoms with van der Waals surface area (Å²) in [4.78, 5) is 38.1. The second-order valence-corrected chi connectivity index (χ2v) is 19.6. The Bertz CT molecular complexity index is 1050. The van der Waals surface area contributed by atoms with Crippen LogP contribution in [-0.4, -0.2) is 37.2 Å². The lowest BCUT2D eigenvalue weighted by Gasteiger charge is -2.18. The fourth-order valence-corrected chi connectivity index (χ4v) is 8.55. The van der Waals surface area contributed by atoms with Crippen LogP contribution in [-0.2, 0) is 28.6 Å². The monoisotopic (exact) mass is 915 g/mol. The maximum absolute atomic E-state index is 12.8. The van der Waals surface area contributed by atoms with Crippen molar-refractivity contribution in [1.82, 2.24) is 0 Å². The highest BCUT2D eigenvalue weighted by Gasteiger charge is 2.19. The minimum absolute atomic E-state index is 0.0708. The molecule has 0 heterocycles. The van der Waals surface area contributed by atoms with Gasteiger partial charge in [-0.15, -0.1) is 0 Å². The number of hydrogen-bond acceptors (Lipinski definition) is 6. The first-order chi connectivity index (χ1) is 32.0. The van der Waals surface area contributed by atoms with Crippen molar-refractivity contribution in [2.45, 2.75) is 322 Å². The van der Waals surface area contributed by atoms with Gasteiger partial charge in [0.1, 0.15) is 13.2 Å². The molecule has 0 saturated heterocycles. The zero-order valence-corrected chi connectivity index (χ0v) is 43.8. The van der Waals surface area contributed by atoms with E-state index in [-0.39, 0.29) is 31.1 Å². The van der Waals surface area contributed by atoms with E-state index in [2.05, 4.69) is 45.1 Å². The van der Waals surface area contributed by atoms with Crippen molar-refractivity contribution >= 4 is 17.9 Å². The molecule has 0 rings (SSSR count). The molecule has 6 heteroatoms. The molecule has 0 amide bonds. The molecular formula is C59H110O6. The highest BCUT2D eigenvalue weighted by atomic mass is 16.6. The molecule has 6 nitrogen and oxygen atoms in total. The maximum Gasteiger partial charge on any atom is 0.306 e. The Morgan fingerprint density at radius 3 is 0.769 bits per heavy atom. The van der Waals surface area contributed by atoms with E-state index in [1.165, 1.54) is 212 Å². The molecule has 0 N–H and O–H groups in total. The summed E-state index contributed by atoms with van der Waals surface area (Å²) in [6, 6.07) is 0. The Kier molecular flexibility index (Phi) is 52.7. The van der Waals surface area contributed by atoms with E-state index in [1.807, 2.05) is 0 Å². The third-order valence-electron chi connectivity index (χ3n) is 12.9. The molecule has 0 aromatic rings. The third kappa shape index (κ3) is 52.7. The Morgan fingerprint density at radius 2 is 0.508 bits per heavy atom. The van der Waals surface area contributed by atoms with Crippen molar-refractivity contribution < 1.29 is 28.6 Å². The summed E-state index contributed by atoms with van der Waals surface area (Å²) in [6.07, 6.45) is 63.1. The van der Waals surface area contributed by atoms with Crippen molar-refractivity contribution in [3.63, 3.8) is 0 Å². The molecule has 0 aromatic heterocycles. The van der Waals surface area contributed by atoms with Gasteiger partial charge in [0.25, 0.3) is 0 Å². The van der Waals surface area contributed by atoms with Crippen molar-refractivity contribution in [3.05, 3.63) is 24.3 Å². The average Bonchev–Trinajstić information content (AvgIpc) is 3.30. The highest BCUT2D eigenvalue weighted by Crippen LogP contribution is 2.16. The number of allylic oxidation sites excluding steroid dienone is 4. The molecule has 0 aliphatic carbocycles. The van der Waals surface area contributed by atoms with Crippen molar-refractivity contribution in [2.75, 3.05) is 13.2 Å². The van der Waals surface area contributed by atoms with Gasteiger partial charge in [0.15, 0.2) is 6.10 Å². The molecule has 382 valence electrons. The summed E-state index contributed by atoms with van der Waals surface area (Å²) in [5, 5.41) is 0. The molecule has 0 spiro atoms. The van der Waals surface area contributed by atoms with Gasteiger partial charge in [-0.1, -0.05) is 251 Å². The first kappa shape index (κ1) is 62.9. The van der Waals surface area contributed by atoms with Gasteiger partial charge in [-0.25, -0.2) is 0 Å². The van der Waals surface area contributed by atoms with Crippen LogP contribution in [0.15, 0.2) is 24.3 Å². The molecule has 1 atom stereocenters. The summed E-state index contributed by atoms with van der Waals surface area (Å²) < 4.78 is 16.9. The Morgan fingerprint density at radius 1 is 0.292 bits per heavy atom. The van der Waals surface area contributed by atoms with Gasteiger partial charge in [-0.3, -0.25) is 14.4 Å². The van der Waals surface area contributed by atoms with Gasteiger partial charge >= 0.3 is 17.9 Å². The first-order valence-electron chi connectivity index (χ1n) is 28.8. The van der Waals surface area contributed by atoms with Crippen LogP contribution in [0, 0.1) is 0 Å². The van der Waals surface area contributed by atoms with E-state index in [0.29, 0.717) is 19.3 Å². The van der Waals surface area contributed by atoms with E-state index in [9.17, 15) is 14.4 Å². The topological polar surface area (TPSA) is 78.9 Å². The molecule has 0 aromatic carbocycles. The molecule has 0 radical (unpaired) electrons. The molecule has 0 bridgehead atoms. The van der Waals surface area contributed by atoms with E-state index in [0.717, 1.165) is 64.2 Å². The Hall–Kier alpha value is -2.11. The predicted octanol–water partition coefficient (Wildman–Crippen LogP) is 19.1. The minimum atomic E-state index is -0.772. The molecule has 0 aliphatic heterocycles. The molecule has 0 saturated carbocycles. The van der Waals surface area contributed by atoms with E-state index in [4.69, 9.17) is 14.2 Å². The lowest BCUT2D eigenvalue weighted by molar-refractivity contribution is -0.167. The van der Waals surface area contributed by atoms with Crippen molar-refractivity contribution in [2.24, 2.45) is 0 Å². The van der Waals surface area contributed by atoms with Crippen LogP contribution in [0.4, 0.5) is 0 Å². The highest BCUT2D eigenvalue weighted by molar-refractivity contribution is 5.71. The summed E-state index contributed by atoms with van der Waals surface area (Å²) in [5.74, 6) is -0.863. The van der Waals surface area contributed by atoms with Crippen molar-refractivity contribution in [3.8, 4) is 0 Å². The van der Waals surface area contributed by atoms with E-state index < -0.39 is 6.10 Å². The number of esters is 3. The van der Waals surface area contributed by atoms with E-state index in [1.54, 1.807) is 0 Å². The van der Waals surface area contributed by atoms with E-state index >= 15 is 0 Å². The van der Waals surface area contributed by atoms with Gasteiger partial charge in [0.2, 0.25) is 0 Å². The smallest absolute Gasteiger partial charge is 0.306 e. The Balaban J connectivity index is 4.32. The van der Waals surface area contributed by atoms with Gasteiger partial charge in [-0.2, -0.15) is 0 Å². The van der Waals surface area contributed by atoms with Crippen molar-refractivity contribution in [1.29, 1.82) is 0 Å². The number of carbonyl (C=O) groups excluding carboxylic acids is 3. The lowest BCUT2D eigenvalue weighted by Crippen LogP contribution is -2.30. The third-order valence-corrected chi connectivity index (χ3v) is 12.9. The summed E-state index contributed by atoms with van der Waals surface area (Å²) >= 11 is 0. The summed E-state index contributed by atoms with van der Waals surface area (Å²) in [6.45, 7) is 6.66. The maximum atomic E-state index is 12.8. The van der Waals surface area contributed by atoms with Crippen LogP contribution in [0.5, 0.6) is 0 Å². The molecule has 0 fully saturated rings. The quantitative estimate of drug-likeness (QED) is 0.0262. The normalized spacial score (nSPS) is 12.1.